The van der Waals surface area contributed by atoms with E-state index in [1.807, 2.05) is 37.3 Å². The zero-order chi connectivity index (χ0) is 18.9. The number of hydrogen-bond acceptors (Lipinski definition) is 4. The maximum atomic E-state index is 12.0. The van der Waals surface area contributed by atoms with Crippen molar-refractivity contribution in [3.63, 3.8) is 0 Å². The molecule has 3 amide bonds. The van der Waals surface area contributed by atoms with Crippen LogP contribution < -0.4 is 16.4 Å². The Bertz CT molecular complexity index is 777. The van der Waals surface area contributed by atoms with Gasteiger partial charge in [-0.15, -0.1) is 0 Å². The first kappa shape index (κ1) is 19.0. The Kier molecular flexibility index (Phi) is 6.73. The molecule has 0 fully saturated rings. The minimum atomic E-state index is -0.734. The van der Waals surface area contributed by atoms with Crippen LogP contribution in [0.1, 0.15) is 28.8 Å². The molecular weight excluding hydrogens is 334 g/mol. The lowest BCUT2D eigenvalue weighted by atomic mass is 10.0. The van der Waals surface area contributed by atoms with Crippen LogP contribution in [0.25, 0.3) is 0 Å². The average molecular weight is 355 g/mol. The van der Waals surface area contributed by atoms with E-state index in [0.717, 1.165) is 5.56 Å². The molecule has 2 aromatic rings. The Morgan fingerprint density at radius 2 is 1.81 bits per heavy atom. The number of amides is 3. The monoisotopic (exact) mass is 355 g/mol. The Labute approximate surface area is 151 Å². The van der Waals surface area contributed by atoms with E-state index in [0.29, 0.717) is 12.2 Å². The van der Waals surface area contributed by atoms with Crippen molar-refractivity contribution in [3.05, 3.63) is 65.7 Å². The molecule has 0 bridgehead atoms. The first-order chi connectivity index (χ1) is 12.5. The standard InChI is InChI=1S/C19H21N3O4/c1-13(14-6-3-2-4-7-14)11-21-17(23)12-26-18(24)15-8-5-9-16(10-15)22-19(20)25/h2-10,13H,11-12H2,1H3,(H,21,23)(H3,20,22,25)/t13-/m0/s1. The van der Waals surface area contributed by atoms with E-state index in [2.05, 4.69) is 10.6 Å². The summed E-state index contributed by atoms with van der Waals surface area (Å²) >= 11 is 0. The number of primary amides is 1. The molecule has 0 aliphatic rings. The highest BCUT2D eigenvalue weighted by atomic mass is 16.5. The van der Waals surface area contributed by atoms with E-state index >= 15 is 0 Å². The second-order valence-electron chi connectivity index (χ2n) is 5.76. The zero-order valence-corrected chi connectivity index (χ0v) is 14.4. The summed E-state index contributed by atoms with van der Waals surface area (Å²) in [5.74, 6) is -0.899. The van der Waals surface area contributed by atoms with Crippen molar-refractivity contribution in [1.29, 1.82) is 0 Å². The number of benzene rings is 2. The number of ether oxygens (including phenoxy) is 1. The minimum absolute atomic E-state index is 0.146. The summed E-state index contributed by atoms with van der Waals surface area (Å²) in [6.07, 6.45) is 0. The van der Waals surface area contributed by atoms with Gasteiger partial charge in [0.05, 0.1) is 5.56 Å². The SMILES string of the molecule is C[C@@H](CNC(=O)COC(=O)c1cccc(NC(N)=O)c1)c1ccccc1. The molecule has 2 rings (SSSR count). The van der Waals surface area contributed by atoms with Crippen LogP contribution in [-0.4, -0.2) is 31.1 Å². The number of rotatable bonds is 7. The van der Waals surface area contributed by atoms with Gasteiger partial charge in [0.15, 0.2) is 6.61 Å². The largest absolute Gasteiger partial charge is 0.452 e. The predicted molar refractivity (Wildman–Crippen MR) is 97.8 cm³/mol. The van der Waals surface area contributed by atoms with Gasteiger partial charge in [0.25, 0.3) is 5.91 Å². The van der Waals surface area contributed by atoms with Gasteiger partial charge >= 0.3 is 12.0 Å². The molecule has 0 aliphatic heterocycles. The molecule has 26 heavy (non-hydrogen) atoms. The molecule has 0 aromatic heterocycles. The van der Waals surface area contributed by atoms with Crippen LogP contribution in [0.4, 0.5) is 10.5 Å². The summed E-state index contributed by atoms with van der Waals surface area (Å²) in [5, 5.41) is 5.10. The third-order valence-corrected chi connectivity index (χ3v) is 3.67. The van der Waals surface area contributed by atoms with Crippen molar-refractivity contribution in [2.75, 3.05) is 18.5 Å². The zero-order valence-electron chi connectivity index (χ0n) is 14.4. The highest BCUT2D eigenvalue weighted by molar-refractivity contribution is 5.94. The molecule has 7 heteroatoms. The van der Waals surface area contributed by atoms with E-state index in [9.17, 15) is 14.4 Å². The van der Waals surface area contributed by atoms with Crippen LogP contribution in [0.15, 0.2) is 54.6 Å². The number of anilines is 1. The molecule has 0 saturated heterocycles. The fraction of sp³-hybridized carbons (Fsp3) is 0.211. The van der Waals surface area contributed by atoms with Crippen LogP contribution in [-0.2, 0) is 9.53 Å². The highest BCUT2D eigenvalue weighted by Gasteiger charge is 2.12. The predicted octanol–water partition coefficient (Wildman–Crippen LogP) is 2.25. The maximum Gasteiger partial charge on any atom is 0.338 e. The van der Waals surface area contributed by atoms with Gasteiger partial charge in [0.2, 0.25) is 0 Å². The first-order valence-corrected chi connectivity index (χ1v) is 8.11. The van der Waals surface area contributed by atoms with Gasteiger partial charge in [0.1, 0.15) is 0 Å². The molecule has 0 heterocycles. The molecule has 0 saturated carbocycles. The van der Waals surface area contributed by atoms with E-state index < -0.39 is 12.0 Å². The van der Waals surface area contributed by atoms with Crippen molar-refractivity contribution in [3.8, 4) is 0 Å². The molecule has 4 N–H and O–H groups in total. The van der Waals surface area contributed by atoms with Gasteiger partial charge in [-0.05, 0) is 29.7 Å². The van der Waals surface area contributed by atoms with Crippen molar-refractivity contribution < 1.29 is 19.1 Å². The average Bonchev–Trinajstić information content (AvgIpc) is 2.64. The third-order valence-electron chi connectivity index (χ3n) is 3.67. The van der Waals surface area contributed by atoms with Crippen LogP contribution in [0.5, 0.6) is 0 Å². The van der Waals surface area contributed by atoms with Gasteiger partial charge in [-0.3, -0.25) is 4.79 Å². The summed E-state index contributed by atoms with van der Waals surface area (Å²) in [7, 11) is 0. The lowest BCUT2D eigenvalue weighted by Gasteiger charge is -2.13. The van der Waals surface area contributed by atoms with Gasteiger partial charge in [0, 0.05) is 12.2 Å². The number of carbonyl (C=O) groups excluding carboxylic acids is 3. The summed E-state index contributed by atoms with van der Waals surface area (Å²) in [6, 6.07) is 15.2. The molecule has 0 aliphatic carbocycles. The Morgan fingerprint density at radius 1 is 1.08 bits per heavy atom. The van der Waals surface area contributed by atoms with Crippen LogP contribution in [0.3, 0.4) is 0 Å². The van der Waals surface area contributed by atoms with E-state index in [1.54, 1.807) is 12.1 Å². The Morgan fingerprint density at radius 3 is 2.50 bits per heavy atom. The summed E-state index contributed by atoms with van der Waals surface area (Å²) in [6.45, 7) is 2.06. The molecular formula is C19H21N3O4. The second kappa shape index (κ2) is 9.22. The Hall–Kier alpha value is -3.35. The molecule has 136 valence electrons. The normalized spacial score (nSPS) is 11.3. The molecule has 2 aromatic carbocycles. The quantitative estimate of drug-likeness (QED) is 0.662. The summed E-state index contributed by atoms with van der Waals surface area (Å²) in [5.41, 5.74) is 6.72. The van der Waals surface area contributed by atoms with Crippen LogP contribution in [0, 0.1) is 0 Å². The van der Waals surface area contributed by atoms with E-state index in [4.69, 9.17) is 10.5 Å². The topological polar surface area (TPSA) is 111 Å². The number of hydrogen-bond donors (Lipinski definition) is 3. The van der Waals surface area contributed by atoms with Gasteiger partial charge in [-0.2, -0.15) is 0 Å². The summed E-state index contributed by atoms with van der Waals surface area (Å²) in [4.78, 5) is 34.7. The number of carbonyl (C=O) groups is 3. The van der Waals surface area contributed by atoms with Crippen molar-refractivity contribution in [1.82, 2.24) is 5.32 Å². The molecule has 0 radical (unpaired) electrons. The molecule has 1 atom stereocenters. The first-order valence-electron chi connectivity index (χ1n) is 8.11. The fourth-order valence-corrected chi connectivity index (χ4v) is 2.30. The second-order valence-corrected chi connectivity index (χ2v) is 5.76. The van der Waals surface area contributed by atoms with E-state index in [-0.39, 0.29) is 24.0 Å². The van der Waals surface area contributed by atoms with Crippen molar-refractivity contribution in [2.24, 2.45) is 5.73 Å². The highest BCUT2D eigenvalue weighted by Crippen LogP contribution is 2.13. The minimum Gasteiger partial charge on any atom is -0.452 e. The number of nitrogens with two attached hydrogens (primary N) is 1. The number of urea groups is 1. The fourth-order valence-electron chi connectivity index (χ4n) is 2.30. The number of nitrogens with one attached hydrogen (secondary N) is 2. The molecule has 0 spiro atoms. The van der Waals surface area contributed by atoms with Gasteiger partial charge in [-0.25, -0.2) is 9.59 Å². The number of esters is 1. The maximum absolute atomic E-state index is 12.0. The lowest BCUT2D eigenvalue weighted by Crippen LogP contribution is -2.31. The Balaban J connectivity index is 1.80. The summed E-state index contributed by atoms with van der Waals surface area (Å²) < 4.78 is 4.99. The lowest BCUT2D eigenvalue weighted by molar-refractivity contribution is -0.124. The molecule has 7 nitrogen and oxygen atoms in total. The van der Waals surface area contributed by atoms with Crippen molar-refractivity contribution >= 4 is 23.6 Å². The van der Waals surface area contributed by atoms with Crippen molar-refractivity contribution in [2.45, 2.75) is 12.8 Å². The van der Waals surface area contributed by atoms with Crippen LogP contribution in [0.2, 0.25) is 0 Å². The molecule has 0 unspecified atom stereocenters. The van der Waals surface area contributed by atoms with Gasteiger partial charge in [-0.1, -0.05) is 43.3 Å². The van der Waals surface area contributed by atoms with Crippen LogP contribution >= 0.6 is 0 Å². The smallest absolute Gasteiger partial charge is 0.338 e. The van der Waals surface area contributed by atoms with Gasteiger partial charge < -0.3 is 21.1 Å². The third kappa shape index (κ3) is 5.94. The van der Waals surface area contributed by atoms with E-state index in [1.165, 1.54) is 12.1 Å².